The Morgan fingerprint density at radius 1 is 1.19 bits per heavy atom. The Kier molecular flexibility index (Phi) is 9.43. The monoisotopic (exact) mass is 500 g/mol. The molecule has 1 fully saturated rings. The molecule has 8 N–H and O–H groups in total. The highest BCUT2D eigenvalue weighted by Gasteiger charge is 2.37. The summed E-state index contributed by atoms with van der Waals surface area (Å²) in [7, 11) is 0. The lowest BCUT2D eigenvalue weighted by molar-refractivity contribution is -0.143. The van der Waals surface area contributed by atoms with Gasteiger partial charge in [0.2, 0.25) is 17.7 Å². The molecular weight excluding hydrogens is 464 g/mol. The molecule has 3 rings (SSSR count). The summed E-state index contributed by atoms with van der Waals surface area (Å²) in [5.74, 6) is -2.54. The average molecular weight is 501 g/mol. The lowest BCUT2D eigenvalue weighted by Gasteiger charge is -2.28. The molecule has 0 saturated carbocycles. The first-order chi connectivity index (χ1) is 17.2. The molecule has 1 aliphatic rings. The van der Waals surface area contributed by atoms with Crippen molar-refractivity contribution in [3.63, 3.8) is 0 Å². The van der Waals surface area contributed by atoms with Crippen molar-refractivity contribution in [1.82, 2.24) is 20.5 Å². The Balaban J connectivity index is 1.57. The number of carboxylic acid groups (broad SMARTS) is 1. The molecule has 0 bridgehead atoms. The number of benzene rings is 1. The Morgan fingerprint density at radius 2 is 1.94 bits per heavy atom. The number of nitrogens with one attached hydrogen (secondary N) is 3. The molecule has 36 heavy (non-hydrogen) atoms. The molecule has 196 valence electrons. The van der Waals surface area contributed by atoms with E-state index in [9.17, 15) is 24.3 Å². The van der Waals surface area contributed by atoms with Gasteiger partial charge < -0.3 is 37.1 Å². The molecule has 2 aromatic rings. The van der Waals surface area contributed by atoms with Crippen LogP contribution in [-0.2, 0) is 25.6 Å². The SMILES string of the molecule is CC(NC(=O)C1CCCN1C(=O)C(N)CCCCN)C(=O)NC(Cc1c[nH]c2ccccc12)C(=O)O. The molecule has 11 heteroatoms. The van der Waals surface area contributed by atoms with Crippen LogP contribution < -0.4 is 22.1 Å². The fourth-order valence-electron chi connectivity index (χ4n) is 4.54. The largest absolute Gasteiger partial charge is 0.480 e. The number of aromatic nitrogens is 1. The van der Waals surface area contributed by atoms with Gasteiger partial charge in [0, 0.05) is 30.1 Å². The molecule has 0 aliphatic carbocycles. The number of fused-ring (bicyclic) bond motifs is 1. The first-order valence-corrected chi connectivity index (χ1v) is 12.4. The van der Waals surface area contributed by atoms with E-state index < -0.39 is 42.0 Å². The van der Waals surface area contributed by atoms with Crippen LogP contribution in [0.15, 0.2) is 30.5 Å². The Morgan fingerprint density at radius 3 is 2.67 bits per heavy atom. The van der Waals surface area contributed by atoms with Crippen LogP contribution in [0, 0.1) is 0 Å². The highest BCUT2D eigenvalue weighted by atomic mass is 16.4. The Bertz CT molecular complexity index is 1090. The van der Waals surface area contributed by atoms with Gasteiger partial charge in [-0.25, -0.2) is 4.79 Å². The summed E-state index contributed by atoms with van der Waals surface area (Å²) in [5.41, 5.74) is 13.2. The number of likely N-dealkylation sites (tertiary alicyclic amines) is 1. The molecule has 1 aromatic carbocycles. The Labute approximate surface area is 210 Å². The molecule has 1 aromatic heterocycles. The molecule has 0 radical (unpaired) electrons. The van der Waals surface area contributed by atoms with Gasteiger partial charge in [-0.2, -0.15) is 0 Å². The molecule has 3 amide bonds. The van der Waals surface area contributed by atoms with Crippen LogP contribution in [0.2, 0.25) is 0 Å². The maximum atomic E-state index is 12.9. The summed E-state index contributed by atoms with van der Waals surface area (Å²) in [6.45, 7) is 2.44. The van der Waals surface area contributed by atoms with Crippen LogP contribution in [0.5, 0.6) is 0 Å². The van der Waals surface area contributed by atoms with Gasteiger partial charge in [-0.3, -0.25) is 14.4 Å². The second kappa shape index (κ2) is 12.5. The van der Waals surface area contributed by atoms with E-state index in [1.807, 2.05) is 24.3 Å². The topological polar surface area (TPSA) is 184 Å². The number of rotatable bonds is 12. The van der Waals surface area contributed by atoms with Crippen molar-refractivity contribution in [2.75, 3.05) is 13.1 Å². The van der Waals surface area contributed by atoms with E-state index in [0.717, 1.165) is 29.3 Å². The molecule has 2 heterocycles. The minimum atomic E-state index is -1.18. The van der Waals surface area contributed by atoms with Gasteiger partial charge in [-0.05, 0) is 50.8 Å². The number of aliphatic carboxylic acids is 1. The van der Waals surface area contributed by atoms with Gasteiger partial charge >= 0.3 is 5.97 Å². The fourth-order valence-corrected chi connectivity index (χ4v) is 4.54. The van der Waals surface area contributed by atoms with Crippen molar-refractivity contribution in [2.45, 2.75) is 69.6 Å². The normalized spacial score (nSPS) is 18.0. The van der Waals surface area contributed by atoms with Gasteiger partial charge in [0.1, 0.15) is 18.1 Å². The highest BCUT2D eigenvalue weighted by Crippen LogP contribution is 2.20. The number of unbranched alkanes of at least 4 members (excludes halogenated alkanes) is 1. The third-order valence-corrected chi connectivity index (χ3v) is 6.59. The van der Waals surface area contributed by atoms with E-state index in [1.165, 1.54) is 11.8 Å². The number of aromatic amines is 1. The molecule has 1 aliphatic heterocycles. The number of nitrogens with two attached hydrogens (primary N) is 2. The van der Waals surface area contributed by atoms with Crippen LogP contribution in [0.4, 0.5) is 0 Å². The van der Waals surface area contributed by atoms with Crippen LogP contribution in [0.25, 0.3) is 10.9 Å². The van der Waals surface area contributed by atoms with E-state index in [2.05, 4.69) is 15.6 Å². The molecule has 0 spiro atoms. The van der Waals surface area contributed by atoms with Crippen molar-refractivity contribution in [1.29, 1.82) is 0 Å². The van der Waals surface area contributed by atoms with Gasteiger partial charge in [0.15, 0.2) is 0 Å². The van der Waals surface area contributed by atoms with E-state index in [4.69, 9.17) is 11.5 Å². The van der Waals surface area contributed by atoms with Crippen LogP contribution in [0.1, 0.15) is 44.6 Å². The summed E-state index contributed by atoms with van der Waals surface area (Å²) in [4.78, 5) is 54.9. The number of hydrogen-bond donors (Lipinski definition) is 6. The van der Waals surface area contributed by atoms with Crippen LogP contribution in [-0.4, -0.2) is 75.9 Å². The van der Waals surface area contributed by atoms with Gasteiger partial charge in [-0.1, -0.05) is 24.6 Å². The van der Waals surface area contributed by atoms with Gasteiger partial charge in [-0.15, -0.1) is 0 Å². The third-order valence-electron chi connectivity index (χ3n) is 6.59. The van der Waals surface area contributed by atoms with Gasteiger partial charge in [0.25, 0.3) is 0 Å². The first kappa shape index (κ1) is 27.2. The number of carbonyl (C=O) groups is 4. The van der Waals surface area contributed by atoms with Crippen molar-refractivity contribution < 1.29 is 24.3 Å². The number of H-pyrrole nitrogens is 1. The zero-order chi connectivity index (χ0) is 26.2. The average Bonchev–Trinajstić information content (AvgIpc) is 3.50. The maximum absolute atomic E-state index is 12.9. The summed E-state index contributed by atoms with van der Waals surface area (Å²) in [5, 5.41) is 15.7. The van der Waals surface area contributed by atoms with E-state index in [1.54, 1.807) is 6.20 Å². The number of nitrogens with zero attached hydrogens (tertiary/aromatic N) is 1. The number of carbonyl (C=O) groups excluding carboxylic acids is 3. The molecule has 4 unspecified atom stereocenters. The minimum absolute atomic E-state index is 0.0820. The number of amides is 3. The smallest absolute Gasteiger partial charge is 0.326 e. The van der Waals surface area contributed by atoms with Crippen LogP contribution in [0.3, 0.4) is 0 Å². The van der Waals surface area contributed by atoms with Crippen molar-refractivity contribution in [3.8, 4) is 0 Å². The lowest BCUT2D eigenvalue weighted by Crippen LogP contribution is -2.56. The Hall–Kier alpha value is -3.44. The van der Waals surface area contributed by atoms with E-state index in [0.29, 0.717) is 32.4 Å². The van der Waals surface area contributed by atoms with Crippen molar-refractivity contribution >= 4 is 34.6 Å². The van der Waals surface area contributed by atoms with Gasteiger partial charge in [0.05, 0.1) is 6.04 Å². The number of hydrogen-bond acceptors (Lipinski definition) is 6. The fraction of sp³-hybridized carbons (Fsp3) is 0.520. The van der Waals surface area contributed by atoms with E-state index >= 15 is 0 Å². The molecule has 1 saturated heterocycles. The highest BCUT2D eigenvalue weighted by molar-refractivity contribution is 5.94. The molecule has 4 atom stereocenters. The quantitative estimate of drug-likeness (QED) is 0.225. The summed E-state index contributed by atoms with van der Waals surface area (Å²) in [6, 6.07) is 3.91. The van der Waals surface area contributed by atoms with Crippen molar-refractivity contribution in [2.24, 2.45) is 11.5 Å². The van der Waals surface area contributed by atoms with E-state index in [-0.39, 0.29) is 12.3 Å². The van der Waals surface area contributed by atoms with Crippen molar-refractivity contribution in [3.05, 3.63) is 36.0 Å². The standard InChI is InChI=1S/C25H36N6O5/c1-15(29-23(33)21-10-6-12-31(21)24(34)18(27)8-4-5-11-26)22(32)30-20(25(35)36)13-16-14-28-19-9-3-2-7-17(16)19/h2-3,7,9,14-15,18,20-21,28H,4-6,8,10-13,26-27H2,1H3,(H,29,33)(H,30,32)(H,35,36). The molecule has 11 nitrogen and oxygen atoms in total. The third kappa shape index (κ3) is 6.61. The number of carboxylic acids is 1. The first-order valence-electron chi connectivity index (χ1n) is 12.4. The van der Waals surface area contributed by atoms with Crippen LogP contribution >= 0.6 is 0 Å². The second-order valence-corrected chi connectivity index (χ2v) is 9.27. The predicted molar refractivity (Wildman–Crippen MR) is 135 cm³/mol. The maximum Gasteiger partial charge on any atom is 0.326 e. The minimum Gasteiger partial charge on any atom is -0.480 e. The zero-order valence-corrected chi connectivity index (χ0v) is 20.5. The predicted octanol–water partition coefficient (Wildman–Crippen LogP) is 0.232. The molecular formula is C25H36N6O5. The summed E-state index contributed by atoms with van der Waals surface area (Å²) >= 11 is 0. The second-order valence-electron chi connectivity index (χ2n) is 9.27. The zero-order valence-electron chi connectivity index (χ0n) is 20.5. The number of para-hydroxylation sites is 1. The summed E-state index contributed by atoms with van der Waals surface area (Å²) < 4.78 is 0. The summed E-state index contributed by atoms with van der Waals surface area (Å²) in [6.07, 6.45) is 4.94. The lowest BCUT2D eigenvalue weighted by atomic mass is 10.0.